The number of carboxylic acids is 1. The van der Waals surface area contributed by atoms with Gasteiger partial charge in [0.05, 0.1) is 11.1 Å². The maximum atomic E-state index is 12.3. The SMILES string of the molecule is C=CC(C)(CCC=C(C)C)OC(=O)c1ccccc1C(=O)O. The number of esters is 1. The van der Waals surface area contributed by atoms with Crippen LogP contribution in [0, 0.1) is 0 Å². The molecule has 1 aromatic carbocycles. The molecule has 0 spiro atoms. The van der Waals surface area contributed by atoms with Crippen molar-refractivity contribution in [2.45, 2.75) is 39.2 Å². The summed E-state index contributed by atoms with van der Waals surface area (Å²) >= 11 is 0. The molecule has 0 aliphatic rings. The molecule has 0 saturated heterocycles. The number of allylic oxidation sites excluding steroid dienone is 2. The van der Waals surface area contributed by atoms with E-state index in [0.29, 0.717) is 6.42 Å². The zero-order valence-corrected chi connectivity index (χ0v) is 13.3. The minimum Gasteiger partial charge on any atom is -0.478 e. The molecule has 1 atom stereocenters. The van der Waals surface area contributed by atoms with E-state index in [2.05, 4.69) is 12.7 Å². The minimum absolute atomic E-state index is 0.0466. The highest BCUT2D eigenvalue weighted by Crippen LogP contribution is 2.23. The van der Waals surface area contributed by atoms with Gasteiger partial charge in [0, 0.05) is 0 Å². The van der Waals surface area contributed by atoms with Gasteiger partial charge in [0.25, 0.3) is 0 Å². The van der Waals surface area contributed by atoms with Crippen LogP contribution >= 0.6 is 0 Å². The van der Waals surface area contributed by atoms with Crippen LogP contribution in [0.25, 0.3) is 0 Å². The number of aromatic carboxylic acids is 1. The van der Waals surface area contributed by atoms with Crippen LogP contribution in [-0.4, -0.2) is 22.6 Å². The van der Waals surface area contributed by atoms with Gasteiger partial charge in [-0.15, -0.1) is 0 Å². The molecule has 1 N–H and O–H groups in total. The Bertz CT molecular complexity index is 597. The normalized spacial score (nSPS) is 12.9. The third-order valence-electron chi connectivity index (χ3n) is 3.33. The molecule has 0 aliphatic carbocycles. The molecule has 1 aromatic rings. The fourth-order valence-electron chi connectivity index (χ4n) is 1.96. The van der Waals surface area contributed by atoms with E-state index in [1.807, 2.05) is 13.8 Å². The average Bonchev–Trinajstić information content (AvgIpc) is 2.46. The Morgan fingerprint density at radius 1 is 1.27 bits per heavy atom. The maximum Gasteiger partial charge on any atom is 0.339 e. The van der Waals surface area contributed by atoms with Crippen molar-refractivity contribution < 1.29 is 19.4 Å². The number of carbonyl (C=O) groups is 2. The number of ether oxygens (including phenoxy) is 1. The lowest BCUT2D eigenvalue weighted by Crippen LogP contribution is -2.30. The quantitative estimate of drug-likeness (QED) is 0.604. The van der Waals surface area contributed by atoms with E-state index in [9.17, 15) is 9.59 Å². The van der Waals surface area contributed by atoms with Crippen molar-refractivity contribution in [2.75, 3.05) is 0 Å². The summed E-state index contributed by atoms with van der Waals surface area (Å²) in [5.74, 6) is -1.81. The largest absolute Gasteiger partial charge is 0.478 e. The van der Waals surface area contributed by atoms with E-state index in [1.54, 1.807) is 25.1 Å². The number of rotatable bonds is 7. The predicted octanol–water partition coefficient (Wildman–Crippen LogP) is 4.23. The molecule has 4 heteroatoms. The van der Waals surface area contributed by atoms with Gasteiger partial charge in [0.1, 0.15) is 5.60 Å². The average molecular weight is 302 g/mol. The van der Waals surface area contributed by atoms with Crippen LogP contribution in [-0.2, 0) is 4.74 Å². The lowest BCUT2D eigenvalue weighted by Gasteiger charge is -2.26. The number of benzene rings is 1. The van der Waals surface area contributed by atoms with Crippen LogP contribution < -0.4 is 0 Å². The first kappa shape index (κ1) is 17.7. The molecule has 0 aromatic heterocycles. The van der Waals surface area contributed by atoms with Crippen molar-refractivity contribution in [3.05, 3.63) is 59.7 Å². The Morgan fingerprint density at radius 2 is 1.86 bits per heavy atom. The standard InChI is InChI=1S/C18H22O4/c1-5-18(4,12-8-9-13(2)3)22-17(21)15-11-7-6-10-14(15)16(19)20/h5-7,9-11H,1,8,12H2,2-4H3,(H,19,20). The van der Waals surface area contributed by atoms with Gasteiger partial charge in [-0.1, -0.05) is 30.4 Å². The first-order valence-corrected chi connectivity index (χ1v) is 7.11. The van der Waals surface area contributed by atoms with Gasteiger partial charge >= 0.3 is 11.9 Å². The van der Waals surface area contributed by atoms with Crippen LogP contribution in [0.15, 0.2) is 48.6 Å². The molecule has 118 valence electrons. The Kier molecular flexibility index (Phi) is 6.11. The third kappa shape index (κ3) is 4.88. The summed E-state index contributed by atoms with van der Waals surface area (Å²) in [4.78, 5) is 23.5. The zero-order chi connectivity index (χ0) is 16.8. The molecule has 1 rings (SSSR count). The van der Waals surface area contributed by atoms with E-state index in [1.165, 1.54) is 17.7 Å². The summed E-state index contributed by atoms with van der Waals surface area (Å²) in [5, 5.41) is 9.14. The Balaban J connectivity index is 2.92. The van der Waals surface area contributed by atoms with E-state index in [-0.39, 0.29) is 11.1 Å². The van der Waals surface area contributed by atoms with Crippen molar-refractivity contribution in [3.8, 4) is 0 Å². The van der Waals surface area contributed by atoms with Gasteiger partial charge in [-0.25, -0.2) is 9.59 Å². The Morgan fingerprint density at radius 3 is 2.36 bits per heavy atom. The highest BCUT2D eigenvalue weighted by molar-refractivity contribution is 6.02. The summed E-state index contributed by atoms with van der Waals surface area (Å²) in [6, 6.07) is 6.01. The van der Waals surface area contributed by atoms with Crippen molar-refractivity contribution in [3.63, 3.8) is 0 Å². The Hall–Kier alpha value is -2.36. The maximum absolute atomic E-state index is 12.3. The van der Waals surface area contributed by atoms with Crippen LogP contribution in [0.2, 0.25) is 0 Å². The van der Waals surface area contributed by atoms with Crippen molar-refractivity contribution in [1.29, 1.82) is 0 Å². The number of carbonyl (C=O) groups excluding carboxylic acids is 1. The lowest BCUT2D eigenvalue weighted by atomic mass is 9.98. The first-order valence-electron chi connectivity index (χ1n) is 7.11. The molecule has 0 saturated carbocycles. The topological polar surface area (TPSA) is 63.6 Å². The van der Waals surface area contributed by atoms with Gasteiger partial charge in [-0.3, -0.25) is 0 Å². The second-order valence-electron chi connectivity index (χ2n) is 5.58. The molecular weight excluding hydrogens is 280 g/mol. The Labute approximate surface area is 131 Å². The van der Waals surface area contributed by atoms with Gasteiger partial charge in [0.15, 0.2) is 0 Å². The molecule has 22 heavy (non-hydrogen) atoms. The van der Waals surface area contributed by atoms with E-state index in [0.717, 1.165) is 6.42 Å². The van der Waals surface area contributed by atoms with Crippen molar-refractivity contribution in [2.24, 2.45) is 0 Å². The van der Waals surface area contributed by atoms with Crippen LogP contribution in [0.1, 0.15) is 54.3 Å². The fourth-order valence-corrected chi connectivity index (χ4v) is 1.96. The predicted molar refractivity (Wildman–Crippen MR) is 86.1 cm³/mol. The van der Waals surface area contributed by atoms with Gasteiger partial charge in [0.2, 0.25) is 0 Å². The molecule has 0 radical (unpaired) electrons. The van der Waals surface area contributed by atoms with E-state index < -0.39 is 17.5 Å². The summed E-state index contributed by atoms with van der Waals surface area (Å²) in [7, 11) is 0. The second-order valence-corrected chi connectivity index (χ2v) is 5.58. The van der Waals surface area contributed by atoms with Crippen LogP contribution in [0.5, 0.6) is 0 Å². The smallest absolute Gasteiger partial charge is 0.339 e. The van der Waals surface area contributed by atoms with Gasteiger partial charge in [-0.2, -0.15) is 0 Å². The van der Waals surface area contributed by atoms with Gasteiger partial charge < -0.3 is 9.84 Å². The number of hydrogen-bond donors (Lipinski definition) is 1. The monoisotopic (exact) mass is 302 g/mol. The second kappa shape index (κ2) is 7.59. The third-order valence-corrected chi connectivity index (χ3v) is 3.33. The lowest BCUT2D eigenvalue weighted by molar-refractivity contribution is 0.00799. The van der Waals surface area contributed by atoms with E-state index in [4.69, 9.17) is 9.84 Å². The molecule has 0 aliphatic heterocycles. The molecule has 4 nitrogen and oxygen atoms in total. The zero-order valence-electron chi connectivity index (χ0n) is 13.3. The summed E-state index contributed by atoms with van der Waals surface area (Å²) in [6.07, 6.45) is 4.97. The summed E-state index contributed by atoms with van der Waals surface area (Å²) in [5.41, 5.74) is 0.330. The molecule has 0 amide bonds. The minimum atomic E-state index is -1.16. The molecule has 0 bridgehead atoms. The molecule has 0 fully saturated rings. The number of carboxylic acid groups (broad SMARTS) is 1. The number of hydrogen-bond acceptors (Lipinski definition) is 3. The highest BCUT2D eigenvalue weighted by atomic mass is 16.6. The molecule has 1 unspecified atom stereocenters. The fraction of sp³-hybridized carbons (Fsp3) is 0.333. The molecule has 0 heterocycles. The summed E-state index contributed by atoms with van der Waals surface area (Å²) in [6.45, 7) is 9.49. The summed E-state index contributed by atoms with van der Waals surface area (Å²) < 4.78 is 5.50. The van der Waals surface area contributed by atoms with Crippen molar-refractivity contribution >= 4 is 11.9 Å². The van der Waals surface area contributed by atoms with Crippen LogP contribution in [0.4, 0.5) is 0 Å². The van der Waals surface area contributed by atoms with Crippen molar-refractivity contribution in [1.82, 2.24) is 0 Å². The highest BCUT2D eigenvalue weighted by Gasteiger charge is 2.27. The first-order chi connectivity index (χ1) is 10.3. The van der Waals surface area contributed by atoms with E-state index >= 15 is 0 Å². The van der Waals surface area contributed by atoms with Gasteiger partial charge in [-0.05, 0) is 51.8 Å². The van der Waals surface area contributed by atoms with Crippen LogP contribution in [0.3, 0.4) is 0 Å². The molecular formula is C18H22O4.